The highest BCUT2D eigenvalue weighted by atomic mass is 16.3. The molecule has 0 spiro atoms. The molecule has 0 aliphatic heterocycles. The van der Waals surface area contributed by atoms with Crippen molar-refractivity contribution < 1.29 is 9.21 Å². The summed E-state index contributed by atoms with van der Waals surface area (Å²) in [5.74, 6) is 0.863. The van der Waals surface area contributed by atoms with Crippen LogP contribution in [0.3, 0.4) is 0 Å². The van der Waals surface area contributed by atoms with Gasteiger partial charge in [-0.15, -0.1) is 0 Å². The van der Waals surface area contributed by atoms with Crippen LogP contribution < -0.4 is 16.0 Å². The van der Waals surface area contributed by atoms with Gasteiger partial charge in [0, 0.05) is 18.3 Å². The molecule has 136 valence electrons. The molecule has 6 nitrogen and oxygen atoms in total. The number of hydrogen-bond acceptors (Lipinski definition) is 3. The number of aliphatic imine (C=N–C) groups is 1. The van der Waals surface area contributed by atoms with E-state index in [0.29, 0.717) is 18.3 Å². The second-order valence-electron chi connectivity index (χ2n) is 6.11. The first-order valence-corrected chi connectivity index (χ1v) is 8.88. The molecule has 0 unspecified atom stereocenters. The Morgan fingerprint density at radius 2 is 1.96 bits per heavy atom. The lowest BCUT2D eigenvalue weighted by Gasteiger charge is -2.16. The second kappa shape index (κ2) is 8.89. The predicted octanol–water partition coefficient (Wildman–Crippen LogP) is 3.31. The third kappa shape index (κ3) is 4.99. The van der Waals surface area contributed by atoms with Gasteiger partial charge in [-0.05, 0) is 49.6 Å². The highest BCUT2D eigenvalue weighted by molar-refractivity contribution is 6.02. The summed E-state index contributed by atoms with van der Waals surface area (Å²) in [4.78, 5) is 16.6. The maximum absolute atomic E-state index is 12.0. The van der Waals surface area contributed by atoms with Crippen molar-refractivity contribution in [1.29, 1.82) is 0 Å². The molecule has 0 atom stereocenters. The van der Waals surface area contributed by atoms with Crippen LogP contribution in [0.4, 0.5) is 5.69 Å². The smallest absolute Gasteiger partial charge is 0.291 e. The van der Waals surface area contributed by atoms with Gasteiger partial charge in [0.1, 0.15) is 0 Å². The quantitative estimate of drug-likeness (QED) is 0.423. The predicted molar refractivity (Wildman–Crippen MR) is 103 cm³/mol. The van der Waals surface area contributed by atoms with Gasteiger partial charge in [0.2, 0.25) is 0 Å². The van der Waals surface area contributed by atoms with Crippen molar-refractivity contribution in [2.75, 3.05) is 11.9 Å². The number of carbonyl (C=O) groups excluding carboxylic acids is 1. The average molecular weight is 352 g/mol. The molecule has 1 amide bonds. The molecule has 3 N–H and O–H groups in total. The van der Waals surface area contributed by atoms with E-state index in [-0.39, 0.29) is 5.91 Å². The van der Waals surface area contributed by atoms with Gasteiger partial charge >= 0.3 is 0 Å². The van der Waals surface area contributed by atoms with Crippen molar-refractivity contribution in [2.24, 2.45) is 4.99 Å². The molecule has 1 aromatic carbocycles. The van der Waals surface area contributed by atoms with Gasteiger partial charge in [-0.3, -0.25) is 4.79 Å². The summed E-state index contributed by atoms with van der Waals surface area (Å²) in [6.45, 7) is 3.45. The number of furan rings is 1. The number of anilines is 1. The van der Waals surface area contributed by atoms with Crippen LogP contribution in [0.5, 0.6) is 0 Å². The monoisotopic (exact) mass is 352 g/mol. The van der Waals surface area contributed by atoms with E-state index in [9.17, 15) is 4.79 Å². The van der Waals surface area contributed by atoms with Crippen LogP contribution in [0, 0.1) is 0 Å². The molecule has 0 radical (unpaired) electrons. The number of nitrogens with one attached hydrogen (secondary N) is 3. The lowest BCUT2D eigenvalue weighted by Crippen LogP contribution is -2.42. The van der Waals surface area contributed by atoms with E-state index in [2.05, 4.69) is 40.0 Å². The fraction of sp³-hybridized carbons (Fsp3) is 0.300. The summed E-state index contributed by atoms with van der Waals surface area (Å²) < 4.78 is 5.09. The third-order valence-electron chi connectivity index (χ3n) is 4.07. The van der Waals surface area contributed by atoms with Gasteiger partial charge in [-0.1, -0.05) is 24.3 Å². The van der Waals surface area contributed by atoms with E-state index >= 15 is 0 Å². The molecule has 1 aromatic heterocycles. The molecule has 6 heteroatoms. The van der Waals surface area contributed by atoms with E-state index in [0.717, 1.165) is 36.6 Å². The maximum Gasteiger partial charge on any atom is 0.291 e. The molecule has 1 aliphatic carbocycles. The van der Waals surface area contributed by atoms with E-state index in [1.807, 2.05) is 24.3 Å². The Labute approximate surface area is 153 Å². The normalized spacial score (nSPS) is 14.4. The molecule has 0 saturated carbocycles. The van der Waals surface area contributed by atoms with Gasteiger partial charge < -0.3 is 20.4 Å². The average Bonchev–Trinajstić information content (AvgIpc) is 3.35. The zero-order valence-corrected chi connectivity index (χ0v) is 14.9. The minimum absolute atomic E-state index is 0.260. The van der Waals surface area contributed by atoms with Gasteiger partial charge in [0.25, 0.3) is 5.91 Å². The fourth-order valence-corrected chi connectivity index (χ4v) is 2.71. The van der Waals surface area contributed by atoms with Crippen LogP contribution >= 0.6 is 0 Å². The van der Waals surface area contributed by atoms with E-state index in [4.69, 9.17) is 4.42 Å². The second-order valence-corrected chi connectivity index (χ2v) is 6.11. The molecule has 0 saturated heterocycles. The number of hydrogen-bond donors (Lipinski definition) is 3. The van der Waals surface area contributed by atoms with Crippen molar-refractivity contribution >= 4 is 17.6 Å². The lowest BCUT2D eigenvalue weighted by molar-refractivity contribution is 0.0996. The highest BCUT2D eigenvalue weighted by Crippen LogP contribution is 2.13. The van der Waals surface area contributed by atoms with Crippen molar-refractivity contribution in [2.45, 2.75) is 32.4 Å². The zero-order valence-electron chi connectivity index (χ0n) is 14.9. The summed E-state index contributed by atoms with van der Waals surface area (Å²) in [7, 11) is 0. The number of amides is 1. The summed E-state index contributed by atoms with van der Waals surface area (Å²) in [6.07, 6.45) is 7.94. The van der Waals surface area contributed by atoms with Crippen molar-refractivity contribution in [3.8, 4) is 0 Å². The number of benzene rings is 1. The number of nitrogens with zero attached hydrogens (tertiary/aromatic N) is 1. The van der Waals surface area contributed by atoms with Gasteiger partial charge in [-0.2, -0.15) is 0 Å². The molecule has 0 bridgehead atoms. The first-order chi connectivity index (χ1) is 12.7. The summed E-state index contributed by atoms with van der Waals surface area (Å²) in [5, 5.41) is 9.53. The lowest BCUT2D eigenvalue weighted by atomic mass is 10.2. The van der Waals surface area contributed by atoms with Crippen molar-refractivity contribution in [3.63, 3.8) is 0 Å². The van der Waals surface area contributed by atoms with Gasteiger partial charge in [-0.25, -0.2) is 4.99 Å². The van der Waals surface area contributed by atoms with Crippen molar-refractivity contribution in [1.82, 2.24) is 10.6 Å². The fourth-order valence-electron chi connectivity index (χ4n) is 2.71. The Morgan fingerprint density at radius 1 is 1.19 bits per heavy atom. The summed E-state index contributed by atoms with van der Waals surface area (Å²) >= 11 is 0. The van der Waals surface area contributed by atoms with E-state index in [1.165, 1.54) is 6.26 Å². The Bertz CT molecular complexity index is 756. The highest BCUT2D eigenvalue weighted by Gasteiger charge is 2.11. The minimum atomic E-state index is -0.260. The van der Waals surface area contributed by atoms with Crippen LogP contribution in [0.15, 0.2) is 64.2 Å². The number of carbonyl (C=O) groups is 1. The van der Waals surface area contributed by atoms with Gasteiger partial charge in [0.05, 0.1) is 12.8 Å². The Hall–Kier alpha value is -3.02. The van der Waals surface area contributed by atoms with Crippen LogP contribution in [-0.4, -0.2) is 24.5 Å². The molecule has 26 heavy (non-hydrogen) atoms. The van der Waals surface area contributed by atoms with Crippen LogP contribution in [0.25, 0.3) is 0 Å². The first kappa shape index (κ1) is 17.8. The largest absolute Gasteiger partial charge is 0.459 e. The Kier molecular flexibility index (Phi) is 6.09. The molecule has 0 fully saturated rings. The molecule has 2 aromatic rings. The summed E-state index contributed by atoms with van der Waals surface area (Å²) in [6, 6.07) is 11.4. The number of guanidine groups is 1. The standard InChI is InChI=1S/C20H24N4O2/c1-2-21-20(24-16-6-3-4-7-16)22-14-15-9-11-17(12-10-15)23-19(25)18-8-5-13-26-18/h3-5,8-13,16H,2,6-7,14H2,1H3,(H,23,25)(H2,21,22,24). The molecule has 1 heterocycles. The summed E-state index contributed by atoms with van der Waals surface area (Å²) in [5.41, 5.74) is 1.80. The molecule has 1 aliphatic rings. The third-order valence-corrected chi connectivity index (χ3v) is 4.07. The number of rotatable bonds is 6. The van der Waals surface area contributed by atoms with Crippen LogP contribution in [0.2, 0.25) is 0 Å². The Balaban J connectivity index is 1.56. The van der Waals surface area contributed by atoms with Gasteiger partial charge in [0.15, 0.2) is 11.7 Å². The SMILES string of the molecule is CCNC(=NCc1ccc(NC(=O)c2ccco2)cc1)NC1CC=CC1. The topological polar surface area (TPSA) is 78.7 Å². The molecular weight excluding hydrogens is 328 g/mol. The van der Waals surface area contributed by atoms with E-state index in [1.54, 1.807) is 12.1 Å². The maximum atomic E-state index is 12.0. The first-order valence-electron chi connectivity index (χ1n) is 8.88. The van der Waals surface area contributed by atoms with Crippen LogP contribution in [-0.2, 0) is 6.54 Å². The molecular formula is C20H24N4O2. The van der Waals surface area contributed by atoms with Crippen molar-refractivity contribution in [3.05, 3.63) is 66.1 Å². The van der Waals surface area contributed by atoms with E-state index < -0.39 is 0 Å². The Morgan fingerprint density at radius 3 is 2.62 bits per heavy atom. The minimum Gasteiger partial charge on any atom is -0.459 e. The molecule has 3 rings (SSSR count). The van der Waals surface area contributed by atoms with Crippen LogP contribution in [0.1, 0.15) is 35.9 Å². The zero-order chi connectivity index (χ0) is 18.2.